The van der Waals surface area contributed by atoms with Gasteiger partial charge in [0.05, 0.1) is 30.2 Å². The molecule has 1 aromatic heterocycles. The number of aryl methyl sites for hydroxylation is 1. The van der Waals surface area contributed by atoms with E-state index >= 15 is 0 Å². The van der Waals surface area contributed by atoms with Gasteiger partial charge < -0.3 is 13.9 Å². The number of hydrogen-bond acceptors (Lipinski definition) is 6. The van der Waals surface area contributed by atoms with Crippen LogP contribution in [0.15, 0.2) is 52.9 Å². The van der Waals surface area contributed by atoms with Crippen molar-refractivity contribution in [2.75, 3.05) is 19.5 Å². The molecule has 0 bridgehead atoms. The number of halogens is 1. The fourth-order valence-corrected chi connectivity index (χ4v) is 3.66. The molecule has 152 valence electrons. The summed E-state index contributed by atoms with van der Waals surface area (Å²) in [6.07, 6.45) is 0.611. The number of rotatable bonds is 9. The van der Waals surface area contributed by atoms with Gasteiger partial charge in [0, 0.05) is 17.7 Å². The van der Waals surface area contributed by atoms with Gasteiger partial charge in [0.15, 0.2) is 0 Å². The predicted molar refractivity (Wildman–Crippen MR) is 116 cm³/mol. The van der Waals surface area contributed by atoms with E-state index in [1.54, 1.807) is 6.07 Å². The van der Waals surface area contributed by atoms with E-state index in [9.17, 15) is 4.79 Å². The Labute approximate surface area is 179 Å². The van der Waals surface area contributed by atoms with Gasteiger partial charge in [0.25, 0.3) is 0 Å². The highest BCUT2D eigenvalue weighted by atomic mass is 35.5. The average molecular weight is 432 g/mol. The second-order valence-electron chi connectivity index (χ2n) is 6.32. The molecule has 0 radical (unpaired) electrons. The van der Waals surface area contributed by atoms with Gasteiger partial charge in [-0.2, -0.15) is 0 Å². The standard InChI is InChI=1S/C22H22ClNO4S/c1-15-19(24-22(28-15)17-6-4-3-5-7-17)10-11-27-20-12-16(8-9-18(20)23)13-29-14-21(25)26-2/h3-9,12H,10-11,13-14H2,1-2H3. The predicted octanol–water partition coefficient (Wildman–Crippen LogP) is 5.33. The third-order valence-electron chi connectivity index (χ3n) is 4.22. The zero-order valence-electron chi connectivity index (χ0n) is 16.3. The Morgan fingerprint density at radius 3 is 2.76 bits per heavy atom. The molecule has 0 aliphatic heterocycles. The summed E-state index contributed by atoms with van der Waals surface area (Å²) < 4.78 is 16.3. The smallest absolute Gasteiger partial charge is 0.315 e. The van der Waals surface area contributed by atoms with Crippen molar-refractivity contribution < 1.29 is 18.7 Å². The minimum Gasteiger partial charge on any atom is -0.492 e. The number of oxazole rings is 1. The number of carbonyl (C=O) groups is 1. The number of thioether (sulfide) groups is 1. The van der Waals surface area contributed by atoms with E-state index in [1.807, 2.05) is 49.4 Å². The van der Waals surface area contributed by atoms with Crippen molar-refractivity contribution in [1.29, 1.82) is 0 Å². The van der Waals surface area contributed by atoms with E-state index in [0.717, 1.165) is 22.6 Å². The lowest BCUT2D eigenvalue weighted by Gasteiger charge is -2.09. The quantitative estimate of drug-likeness (QED) is 0.426. The highest BCUT2D eigenvalue weighted by Gasteiger charge is 2.12. The van der Waals surface area contributed by atoms with E-state index < -0.39 is 0 Å². The molecular weight excluding hydrogens is 410 g/mol. The molecule has 29 heavy (non-hydrogen) atoms. The van der Waals surface area contributed by atoms with Gasteiger partial charge in [-0.1, -0.05) is 35.9 Å². The van der Waals surface area contributed by atoms with Crippen LogP contribution in [-0.2, 0) is 21.7 Å². The molecule has 3 rings (SSSR count). The van der Waals surface area contributed by atoms with Crippen LogP contribution in [0.1, 0.15) is 17.0 Å². The molecule has 5 nitrogen and oxygen atoms in total. The van der Waals surface area contributed by atoms with Gasteiger partial charge >= 0.3 is 5.97 Å². The summed E-state index contributed by atoms with van der Waals surface area (Å²) >= 11 is 7.74. The monoisotopic (exact) mass is 431 g/mol. The minimum atomic E-state index is -0.238. The van der Waals surface area contributed by atoms with Crippen LogP contribution in [0, 0.1) is 6.92 Å². The zero-order valence-corrected chi connectivity index (χ0v) is 17.9. The van der Waals surface area contributed by atoms with Gasteiger partial charge in [-0.3, -0.25) is 4.79 Å². The first kappa shape index (κ1) is 21.3. The first-order valence-electron chi connectivity index (χ1n) is 9.14. The number of benzene rings is 2. The van der Waals surface area contributed by atoms with E-state index in [1.165, 1.54) is 18.9 Å². The summed E-state index contributed by atoms with van der Waals surface area (Å²) in [5.41, 5.74) is 2.84. The van der Waals surface area contributed by atoms with Crippen LogP contribution in [0.4, 0.5) is 0 Å². The molecule has 2 aromatic carbocycles. The first-order chi connectivity index (χ1) is 14.1. The number of esters is 1. The molecule has 0 atom stereocenters. The van der Waals surface area contributed by atoms with E-state index in [4.69, 9.17) is 20.8 Å². The van der Waals surface area contributed by atoms with Crippen LogP contribution in [0.2, 0.25) is 5.02 Å². The van der Waals surface area contributed by atoms with Crippen LogP contribution in [0.25, 0.3) is 11.5 Å². The Hall–Kier alpha value is -2.44. The number of aromatic nitrogens is 1. The molecule has 1 heterocycles. The Balaban J connectivity index is 1.57. The van der Waals surface area contributed by atoms with Crippen molar-refractivity contribution in [1.82, 2.24) is 4.98 Å². The lowest BCUT2D eigenvalue weighted by atomic mass is 10.2. The van der Waals surface area contributed by atoms with Crippen molar-refractivity contribution in [3.05, 3.63) is 70.6 Å². The van der Waals surface area contributed by atoms with Gasteiger partial charge in [-0.05, 0) is 36.8 Å². The van der Waals surface area contributed by atoms with E-state index in [2.05, 4.69) is 9.72 Å². The highest BCUT2D eigenvalue weighted by Crippen LogP contribution is 2.28. The molecular formula is C22H22ClNO4S. The Morgan fingerprint density at radius 1 is 1.21 bits per heavy atom. The lowest BCUT2D eigenvalue weighted by molar-refractivity contribution is -0.137. The molecule has 7 heteroatoms. The molecule has 0 spiro atoms. The average Bonchev–Trinajstić information content (AvgIpc) is 3.11. The number of nitrogens with zero attached hydrogens (tertiary/aromatic N) is 1. The number of hydrogen-bond donors (Lipinski definition) is 0. The third kappa shape index (κ3) is 6.02. The molecule has 0 N–H and O–H groups in total. The minimum absolute atomic E-state index is 0.238. The van der Waals surface area contributed by atoms with Gasteiger partial charge in [-0.15, -0.1) is 11.8 Å². The fraction of sp³-hybridized carbons (Fsp3) is 0.273. The third-order valence-corrected chi connectivity index (χ3v) is 5.51. The maximum atomic E-state index is 11.2. The molecule has 3 aromatic rings. The summed E-state index contributed by atoms with van der Waals surface area (Å²) in [6.45, 7) is 2.33. The summed E-state index contributed by atoms with van der Waals surface area (Å²) in [6, 6.07) is 15.4. The normalized spacial score (nSPS) is 10.7. The molecule has 0 fully saturated rings. The highest BCUT2D eigenvalue weighted by molar-refractivity contribution is 7.99. The first-order valence-corrected chi connectivity index (χ1v) is 10.7. The molecule has 0 unspecified atom stereocenters. The molecule has 0 aliphatic carbocycles. The topological polar surface area (TPSA) is 61.6 Å². The summed E-state index contributed by atoms with van der Waals surface area (Å²) in [5.74, 6) is 2.76. The van der Waals surface area contributed by atoms with Gasteiger partial charge in [0.1, 0.15) is 11.5 Å². The van der Waals surface area contributed by atoms with Crippen molar-refractivity contribution in [2.24, 2.45) is 0 Å². The second kappa shape index (κ2) is 10.4. The van der Waals surface area contributed by atoms with Crippen molar-refractivity contribution in [3.63, 3.8) is 0 Å². The van der Waals surface area contributed by atoms with Gasteiger partial charge in [0.2, 0.25) is 5.89 Å². The fourth-order valence-electron chi connectivity index (χ4n) is 2.68. The van der Waals surface area contributed by atoms with E-state index in [-0.39, 0.29) is 5.97 Å². The Kier molecular flexibility index (Phi) is 7.61. The maximum Gasteiger partial charge on any atom is 0.315 e. The second-order valence-corrected chi connectivity index (χ2v) is 7.71. The number of ether oxygens (including phenoxy) is 2. The van der Waals surface area contributed by atoms with Crippen molar-refractivity contribution >= 4 is 29.3 Å². The van der Waals surface area contributed by atoms with Crippen LogP contribution >= 0.6 is 23.4 Å². The van der Waals surface area contributed by atoms with Crippen LogP contribution in [0.5, 0.6) is 5.75 Å². The van der Waals surface area contributed by atoms with Crippen molar-refractivity contribution in [3.8, 4) is 17.2 Å². The van der Waals surface area contributed by atoms with Crippen LogP contribution in [0.3, 0.4) is 0 Å². The summed E-state index contributed by atoms with van der Waals surface area (Å²) in [5, 5.41) is 0.550. The van der Waals surface area contributed by atoms with Crippen LogP contribution in [-0.4, -0.2) is 30.4 Å². The SMILES string of the molecule is COC(=O)CSCc1ccc(Cl)c(OCCc2nc(-c3ccccc3)oc2C)c1. The number of methoxy groups -OCH3 is 1. The van der Waals surface area contributed by atoms with Crippen LogP contribution < -0.4 is 4.74 Å². The summed E-state index contributed by atoms with van der Waals surface area (Å²) in [7, 11) is 1.39. The molecule has 0 aliphatic rings. The molecule has 0 amide bonds. The molecule has 0 saturated heterocycles. The van der Waals surface area contributed by atoms with Gasteiger partial charge in [-0.25, -0.2) is 4.98 Å². The Morgan fingerprint density at radius 2 is 2.00 bits per heavy atom. The lowest BCUT2D eigenvalue weighted by Crippen LogP contribution is -2.04. The van der Waals surface area contributed by atoms with Crippen molar-refractivity contribution in [2.45, 2.75) is 19.1 Å². The zero-order chi connectivity index (χ0) is 20.6. The molecule has 0 saturated carbocycles. The largest absolute Gasteiger partial charge is 0.492 e. The van der Waals surface area contributed by atoms with E-state index in [0.29, 0.717) is 41.2 Å². The summed E-state index contributed by atoms with van der Waals surface area (Å²) in [4.78, 5) is 15.8. The maximum absolute atomic E-state index is 11.2. The number of carbonyl (C=O) groups excluding carboxylic acids is 1. The Bertz CT molecular complexity index is 959.